The van der Waals surface area contributed by atoms with E-state index in [2.05, 4.69) is 36.8 Å². The van der Waals surface area contributed by atoms with Crippen LogP contribution in [0.25, 0.3) is 0 Å². The minimum atomic E-state index is 0.439. The molecule has 0 N–H and O–H groups in total. The molecule has 0 amide bonds. The van der Waals surface area contributed by atoms with Gasteiger partial charge in [-0.2, -0.15) is 5.26 Å². The van der Waals surface area contributed by atoms with Gasteiger partial charge in [-0.3, -0.25) is 0 Å². The molecule has 0 fully saturated rings. The first-order valence-corrected chi connectivity index (χ1v) is 6.13. The van der Waals surface area contributed by atoms with E-state index in [1.54, 1.807) is 12.5 Å². The lowest BCUT2D eigenvalue weighted by Crippen LogP contribution is -1.96. The Balaban J connectivity index is 2.23. The third-order valence-electron chi connectivity index (χ3n) is 2.04. The van der Waals surface area contributed by atoms with Crippen LogP contribution in [0.4, 0.5) is 0 Å². The second-order valence-electron chi connectivity index (χ2n) is 3.32. The van der Waals surface area contributed by atoms with Gasteiger partial charge in [0.25, 0.3) is 0 Å². The number of nitriles is 1. The number of aromatic nitrogens is 2. The van der Waals surface area contributed by atoms with Gasteiger partial charge in [0.15, 0.2) is 5.69 Å². The van der Waals surface area contributed by atoms with Crippen molar-refractivity contribution in [1.29, 1.82) is 5.26 Å². The SMILES string of the molecule is N#Cc1cn(Cc2cc(Br)cc(Br)c2)cn1. The van der Waals surface area contributed by atoms with Crippen molar-refractivity contribution in [3.63, 3.8) is 0 Å². The highest BCUT2D eigenvalue weighted by Crippen LogP contribution is 2.20. The maximum Gasteiger partial charge on any atom is 0.158 e. The molecule has 80 valence electrons. The van der Waals surface area contributed by atoms with Crippen LogP contribution in [0.2, 0.25) is 0 Å². The first-order valence-electron chi connectivity index (χ1n) is 4.54. The monoisotopic (exact) mass is 339 g/mol. The second kappa shape index (κ2) is 4.81. The number of imidazole rings is 1. The van der Waals surface area contributed by atoms with Crippen molar-refractivity contribution in [2.45, 2.75) is 6.54 Å². The van der Waals surface area contributed by atoms with E-state index in [9.17, 15) is 0 Å². The Labute approximate surface area is 110 Å². The van der Waals surface area contributed by atoms with Crippen LogP contribution in [0.1, 0.15) is 11.3 Å². The fourth-order valence-electron chi connectivity index (χ4n) is 1.42. The molecule has 5 heteroatoms. The molecular formula is C11H7Br2N3. The van der Waals surface area contributed by atoms with E-state index in [4.69, 9.17) is 5.26 Å². The van der Waals surface area contributed by atoms with Gasteiger partial charge in [-0.25, -0.2) is 4.98 Å². The van der Waals surface area contributed by atoms with Crippen LogP contribution >= 0.6 is 31.9 Å². The zero-order valence-corrected chi connectivity index (χ0v) is 11.4. The Morgan fingerprint density at radius 1 is 1.25 bits per heavy atom. The smallest absolute Gasteiger partial charge is 0.158 e. The van der Waals surface area contributed by atoms with Gasteiger partial charge in [-0.15, -0.1) is 0 Å². The van der Waals surface area contributed by atoms with Crippen molar-refractivity contribution < 1.29 is 0 Å². The zero-order valence-electron chi connectivity index (χ0n) is 8.19. The third kappa shape index (κ3) is 2.71. The van der Waals surface area contributed by atoms with E-state index in [1.165, 1.54) is 0 Å². The Bertz CT molecular complexity index is 534. The molecule has 0 bridgehead atoms. The molecule has 0 aliphatic carbocycles. The lowest BCUT2D eigenvalue weighted by atomic mass is 10.2. The standard InChI is InChI=1S/C11H7Br2N3/c12-9-1-8(2-10(13)3-9)5-16-6-11(4-14)15-7-16/h1-3,6-7H,5H2. The second-order valence-corrected chi connectivity index (χ2v) is 5.15. The summed E-state index contributed by atoms with van der Waals surface area (Å²) in [7, 11) is 0. The summed E-state index contributed by atoms with van der Waals surface area (Å²) in [6.07, 6.45) is 3.39. The van der Waals surface area contributed by atoms with Crippen LogP contribution in [0.3, 0.4) is 0 Å². The molecule has 0 aliphatic heterocycles. The summed E-state index contributed by atoms with van der Waals surface area (Å²) in [5.41, 5.74) is 1.58. The number of nitrogens with zero attached hydrogens (tertiary/aromatic N) is 3. The van der Waals surface area contributed by atoms with Crippen LogP contribution in [-0.4, -0.2) is 9.55 Å². The minimum absolute atomic E-state index is 0.439. The van der Waals surface area contributed by atoms with Gasteiger partial charge in [0, 0.05) is 21.7 Å². The van der Waals surface area contributed by atoms with Crippen molar-refractivity contribution in [2.75, 3.05) is 0 Å². The summed E-state index contributed by atoms with van der Waals surface area (Å²) < 4.78 is 3.93. The quantitative estimate of drug-likeness (QED) is 0.841. The van der Waals surface area contributed by atoms with Crippen LogP contribution < -0.4 is 0 Å². The minimum Gasteiger partial charge on any atom is -0.332 e. The summed E-state index contributed by atoms with van der Waals surface area (Å²) in [4.78, 5) is 3.95. The molecule has 1 aromatic carbocycles. The molecule has 0 aliphatic rings. The van der Waals surface area contributed by atoms with E-state index in [1.807, 2.05) is 28.8 Å². The van der Waals surface area contributed by atoms with Crippen molar-refractivity contribution >= 4 is 31.9 Å². The van der Waals surface area contributed by atoms with Crippen LogP contribution in [-0.2, 0) is 6.54 Å². The van der Waals surface area contributed by atoms with Gasteiger partial charge in [0.2, 0.25) is 0 Å². The van der Waals surface area contributed by atoms with E-state index >= 15 is 0 Å². The summed E-state index contributed by atoms with van der Waals surface area (Å²) >= 11 is 6.88. The third-order valence-corrected chi connectivity index (χ3v) is 2.95. The van der Waals surface area contributed by atoms with Crippen molar-refractivity contribution in [3.05, 3.63) is 50.9 Å². The van der Waals surface area contributed by atoms with Crippen molar-refractivity contribution in [1.82, 2.24) is 9.55 Å². The van der Waals surface area contributed by atoms with E-state index in [0.717, 1.165) is 14.5 Å². The average molecular weight is 341 g/mol. The number of rotatable bonds is 2. The molecule has 16 heavy (non-hydrogen) atoms. The molecular weight excluding hydrogens is 334 g/mol. The lowest BCUT2D eigenvalue weighted by Gasteiger charge is -2.04. The topological polar surface area (TPSA) is 41.6 Å². The lowest BCUT2D eigenvalue weighted by molar-refractivity contribution is 0.796. The Kier molecular flexibility index (Phi) is 3.42. The number of halogens is 2. The van der Waals surface area contributed by atoms with Crippen molar-refractivity contribution in [3.8, 4) is 6.07 Å². The number of hydrogen-bond donors (Lipinski definition) is 0. The van der Waals surface area contributed by atoms with Gasteiger partial charge in [-0.05, 0) is 23.8 Å². The molecule has 0 radical (unpaired) electrons. The molecule has 1 aromatic heterocycles. The highest BCUT2D eigenvalue weighted by molar-refractivity contribution is 9.11. The molecule has 3 nitrogen and oxygen atoms in total. The Hall–Kier alpha value is -1.12. The van der Waals surface area contributed by atoms with Gasteiger partial charge in [0.05, 0.1) is 6.33 Å². The molecule has 0 spiro atoms. The average Bonchev–Trinajstić information content (AvgIpc) is 2.64. The Morgan fingerprint density at radius 3 is 2.50 bits per heavy atom. The maximum absolute atomic E-state index is 8.66. The maximum atomic E-state index is 8.66. The highest BCUT2D eigenvalue weighted by Gasteiger charge is 2.01. The molecule has 2 rings (SSSR count). The van der Waals surface area contributed by atoms with E-state index in [0.29, 0.717) is 12.2 Å². The molecule has 0 atom stereocenters. The highest BCUT2D eigenvalue weighted by atomic mass is 79.9. The molecule has 0 unspecified atom stereocenters. The van der Waals surface area contributed by atoms with Crippen molar-refractivity contribution in [2.24, 2.45) is 0 Å². The first-order chi connectivity index (χ1) is 7.67. The van der Waals surface area contributed by atoms with Gasteiger partial charge < -0.3 is 4.57 Å². The molecule has 0 saturated carbocycles. The normalized spacial score (nSPS) is 10.1. The summed E-state index contributed by atoms with van der Waals surface area (Å²) in [6, 6.07) is 8.07. The number of hydrogen-bond acceptors (Lipinski definition) is 2. The fourth-order valence-corrected chi connectivity index (χ4v) is 2.81. The first kappa shape index (κ1) is 11.4. The van der Waals surface area contributed by atoms with Crippen LogP contribution in [0.5, 0.6) is 0 Å². The summed E-state index contributed by atoms with van der Waals surface area (Å²) in [5.74, 6) is 0. The van der Waals surface area contributed by atoms with E-state index < -0.39 is 0 Å². The predicted octanol–water partition coefficient (Wildman–Crippen LogP) is 3.33. The number of benzene rings is 1. The van der Waals surface area contributed by atoms with Gasteiger partial charge in [-0.1, -0.05) is 31.9 Å². The molecule has 1 heterocycles. The fraction of sp³-hybridized carbons (Fsp3) is 0.0909. The summed E-state index contributed by atoms with van der Waals surface area (Å²) in [5, 5.41) is 8.66. The van der Waals surface area contributed by atoms with E-state index in [-0.39, 0.29) is 0 Å². The Morgan fingerprint density at radius 2 is 1.94 bits per heavy atom. The zero-order chi connectivity index (χ0) is 11.5. The largest absolute Gasteiger partial charge is 0.332 e. The summed E-state index contributed by atoms with van der Waals surface area (Å²) in [6.45, 7) is 0.701. The van der Waals surface area contributed by atoms with Crippen LogP contribution in [0, 0.1) is 11.3 Å². The predicted molar refractivity (Wildman–Crippen MR) is 67.9 cm³/mol. The molecule has 2 aromatic rings. The van der Waals surface area contributed by atoms with Gasteiger partial charge >= 0.3 is 0 Å². The van der Waals surface area contributed by atoms with Gasteiger partial charge in [0.1, 0.15) is 6.07 Å². The molecule has 0 saturated heterocycles. The van der Waals surface area contributed by atoms with Crippen LogP contribution in [0.15, 0.2) is 39.7 Å².